The molecule has 0 aliphatic carbocycles. The van der Waals surface area contributed by atoms with Crippen LogP contribution in [-0.2, 0) is 23.1 Å². The Morgan fingerprint density at radius 2 is 2.10 bits per heavy atom. The number of nitrogens with one attached hydrogen (secondary N) is 2. The van der Waals surface area contributed by atoms with E-state index in [1.807, 2.05) is 19.9 Å². The number of thiazole rings is 1. The zero-order valence-corrected chi connectivity index (χ0v) is 13.7. The molecule has 1 aromatic carbocycles. The average molecular weight is 325 g/mol. The van der Waals surface area contributed by atoms with Gasteiger partial charge in [0, 0.05) is 24.2 Å². The number of sulfonamides is 1. The fraction of sp³-hybridized carbons (Fsp3) is 0.357. The highest BCUT2D eigenvalue weighted by molar-refractivity contribution is 7.89. The zero-order chi connectivity index (χ0) is 15.3. The lowest BCUT2D eigenvalue weighted by Gasteiger charge is -2.10. The molecular weight excluding hydrogens is 306 g/mol. The Bertz CT molecular complexity index is 682. The molecule has 0 bridgehead atoms. The molecule has 1 aromatic heterocycles. The molecule has 2 rings (SSSR count). The van der Waals surface area contributed by atoms with Crippen LogP contribution in [0.4, 0.5) is 0 Å². The smallest absolute Gasteiger partial charge is 0.240 e. The third kappa shape index (κ3) is 4.34. The van der Waals surface area contributed by atoms with Crippen molar-refractivity contribution in [2.75, 3.05) is 6.54 Å². The van der Waals surface area contributed by atoms with Crippen LogP contribution < -0.4 is 10.0 Å². The maximum absolute atomic E-state index is 12.3. The number of aryl methyl sites for hydroxylation is 1. The highest BCUT2D eigenvalue weighted by Gasteiger charge is 2.15. The molecule has 2 aromatic rings. The number of nitrogens with zero attached hydrogens (tertiary/aromatic N) is 1. The van der Waals surface area contributed by atoms with Gasteiger partial charge >= 0.3 is 0 Å². The first-order valence-electron chi connectivity index (χ1n) is 6.70. The van der Waals surface area contributed by atoms with Crippen molar-refractivity contribution < 1.29 is 8.42 Å². The normalized spacial score (nSPS) is 11.7. The van der Waals surface area contributed by atoms with Gasteiger partial charge in [0.25, 0.3) is 0 Å². The summed E-state index contributed by atoms with van der Waals surface area (Å²) in [6.07, 6.45) is 1.67. The van der Waals surface area contributed by atoms with E-state index >= 15 is 0 Å². The van der Waals surface area contributed by atoms with E-state index in [2.05, 4.69) is 15.0 Å². The van der Waals surface area contributed by atoms with E-state index in [9.17, 15) is 8.42 Å². The minimum atomic E-state index is -3.50. The van der Waals surface area contributed by atoms with Gasteiger partial charge in [0.2, 0.25) is 10.0 Å². The predicted octanol–water partition coefficient (Wildman–Crippen LogP) is 2.04. The molecule has 0 radical (unpaired) electrons. The first kappa shape index (κ1) is 16.1. The molecule has 0 saturated carbocycles. The van der Waals surface area contributed by atoms with Gasteiger partial charge in [0.1, 0.15) is 0 Å². The Balaban J connectivity index is 2.15. The molecule has 0 spiro atoms. The number of hydrogen-bond donors (Lipinski definition) is 2. The average Bonchev–Trinajstić information content (AvgIpc) is 2.97. The van der Waals surface area contributed by atoms with Gasteiger partial charge < -0.3 is 5.32 Å². The maximum atomic E-state index is 12.3. The van der Waals surface area contributed by atoms with Crippen molar-refractivity contribution in [1.29, 1.82) is 0 Å². The van der Waals surface area contributed by atoms with Crippen molar-refractivity contribution in [3.63, 3.8) is 0 Å². The van der Waals surface area contributed by atoms with Gasteiger partial charge in [-0.25, -0.2) is 13.1 Å². The van der Waals surface area contributed by atoms with Gasteiger partial charge in [-0.2, -0.15) is 0 Å². The molecular formula is C14H19N3O2S2. The molecule has 114 valence electrons. The zero-order valence-electron chi connectivity index (χ0n) is 12.1. The second kappa shape index (κ2) is 7.13. The van der Waals surface area contributed by atoms with Crippen molar-refractivity contribution >= 4 is 21.4 Å². The predicted molar refractivity (Wildman–Crippen MR) is 84.7 cm³/mol. The lowest BCUT2D eigenvalue weighted by molar-refractivity contribution is 0.581. The van der Waals surface area contributed by atoms with E-state index < -0.39 is 10.0 Å². The second-order valence-electron chi connectivity index (χ2n) is 4.66. The summed E-state index contributed by atoms with van der Waals surface area (Å²) in [6, 6.07) is 5.21. The molecule has 0 unspecified atom stereocenters. The fourth-order valence-electron chi connectivity index (χ4n) is 1.84. The number of rotatable bonds is 7. The van der Waals surface area contributed by atoms with E-state index in [-0.39, 0.29) is 6.54 Å². The van der Waals surface area contributed by atoms with Crippen LogP contribution >= 0.6 is 11.3 Å². The van der Waals surface area contributed by atoms with E-state index in [1.165, 1.54) is 11.3 Å². The molecule has 2 N–H and O–H groups in total. The lowest BCUT2D eigenvalue weighted by Crippen LogP contribution is -2.23. The molecule has 0 amide bonds. The van der Waals surface area contributed by atoms with Crippen LogP contribution in [0.15, 0.2) is 34.8 Å². The molecule has 0 fully saturated rings. The van der Waals surface area contributed by atoms with E-state index in [0.29, 0.717) is 11.4 Å². The van der Waals surface area contributed by atoms with Gasteiger partial charge in [-0.1, -0.05) is 13.0 Å². The van der Waals surface area contributed by atoms with Crippen LogP contribution in [0.2, 0.25) is 0 Å². The molecule has 0 atom stereocenters. The van der Waals surface area contributed by atoms with Crippen LogP contribution in [0.5, 0.6) is 0 Å². The minimum absolute atomic E-state index is 0.267. The quantitative estimate of drug-likeness (QED) is 0.817. The standard InChI is InChI=1S/C14H19N3O2S2/c1-3-15-7-12-6-14(5-4-11(12)2)21(18,19)17-9-13-8-16-10-20-13/h4-6,8,10,15,17H,3,7,9H2,1-2H3. The summed E-state index contributed by atoms with van der Waals surface area (Å²) in [5.74, 6) is 0. The summed E-state index contributed by atoms with van der Waals surface area (Å²) in [7, 11) is -3.50. The molecule has 7 heteroatoms. The second-order valence-corrected chi connectivity index (χ2v) is 7.40. The first-order chi connectivity index (χ1) is 10.0. The molecule has 1 heterocycles. The Morgan fingerprint density at radius 3 is 2.76 bits per heavy atom. The highest BCUT2D eigenvalue weighted by Crippen LogP contribution is 2.16. The fourth-order valence-corrected chi connectivity index (χ4v) is 3.53. The number of benzene rings is 1. The van der Waals surface area contributed by atoms with Crippen LogP contribution in [0.3, 0.4) is 0 Å². The van der Waals surface area contributed by atoms with Crippen LogP contribution in [0.1, 0.15) is 22.9 Å². The molecule has 0 aliphatic rings. The van der Waals surface area contributed by atoms with E-state index in [1.54, 1.807) is 23.8 Å². The SMILES string of the molecule is CCNCc1cc(S(=O)(=O)NCc2cncs2)ccc1C. The highest BCUT2D eigenvalue weighted by atomic mass is 32.2. The monoisotopic (exact) mass is 325 g/mol. The van der Waals surface area contributed by atoms with Crippen molar-refractivity contribution in [3.05, 3.63) is 45.9 Å². The van der Waals surface area contributed by atoms with Gasteiger partial charge in [0.05, 0.1) is 10.4 Å². The Hall–Kier alpha value is -1.28. The topological polar surface area (TPSA) is 71.1 Å². The van der Waals surface area contributed by atoms with E-state index in [0.717, 1.165) is 22.5 Å². The van der Waals surface area contributed by atoms with E-state index in [4.69, 9.17) is 0 Å². The van der Waals surface area contributed by atoms with Crippen molar-refractivity contribution in [3.8, 4) is 0 Å². The summed E-state index contributed by atoms with van der Waals surface area (Å²) >= 11 is 1.43. The molecule has 21 heavy (non-hydrogen) atoms. The summed E-state index contributed by atoms with van der Waals surface area (Å²) in [5.41, 5.74) is 3.76. The Labute approximate surface area is 129 Å². The van der Waals surface area contributed by atoms with Crippen LogP contribution in [-0.4, -0.2) is 19.9 Å². The lowest BCUT2D eigenvalue weighted by atomic mass is 10.1. The Kier molecular flexibility index (Phi) is 5.46. The molecule has 0 saturated heterocycles. The largest absolute Gasteiger partial charge is 0.313 e. The summed E-state index contributed by atoms with van der Waals surface area (Å²) in [6.45, 7) is 5.78. The van der Waals surface area contributed by atoms with Gasteiger partial charge in [-0.15, -0.1) is 11.3 Å². The summed E-state index contributed by atoms with van der Waals surface area (Å²) < 4.78 is 27.2. The number of aromatic nitrogens is 1. The summed E-state index contributed by atoms with van der Waals surface area (Å²) in [5, 5.41) is 3.22. The van der Waals surface area contributed by atoms with Gasteiger partial charge in [-0.05, 0) is 36.7 Å². The maximum Gasteiger partial charge on any atom is 0.240 e. The first-order valence-corrected chi connectivity index (χ1v) is 9.06. The van der Waals surface area contributed by atoms with Crippen molar-refractivity contribution in [2.24, 2.45) is 0 Å². The van der Waals surface area contributed by atoms with Crippen molar-refractivity contribution in [1.82, 2.24) is 15.0 Å². The van der Waals surface area contributed by atoms with Crippen LogP contribution in [0.25, 0.3) is 0 Å². The third-order valence-corrected chi connectivity index (χ3v) is 5.29. The summed E-state index contributed by atoms with van der Waals surface area (Å²) in [4.78, 5) is 5.11. The molecule has 5 nitrogen and oxygen atoms in total. The number of hydrogen-bond acceptors (Lipinski definition) is 5. The minimum Gasteiger partial charge on any atom is -0.313 e. The van der Waals surface area contributed by atoms with Crippen LogP contribution in [0, 0.1) is 6.92 Å². The molecule has 0 aliphatic heterocycles. The van der Waals surface area contributed by atoms with Crippen molar-refractivity contribution in [2.45, 2.75) is 31.8 Å². The Morgan fingerprint density at radius 1 is 1.29 bits per heavy atom. The van der Waals surface area contributed by atoms with Gasteiger partial charge in [-0.3, -0.25) is 4.98 Å². The van der Waals surface area contributed by atoms with Gasteiger partial charge in [0.15, 0.2) is 0 Å². The third-order valence-electron chi connectivity index (χ3n) is 3.12.